The first-order chi connectivity index (χ1) is 12.3. The highest BCUT2D eigenvalue weighted by Crippen LogP contribution is 2.29. The van der Waals surface area contributed by atoms with Gasteiger partial charge in [-0.25, -0.2) is 0 Å². The molecule has 4 nitrogen and oxygen atoms in total. The van der Waals surface area contributed by atoms with Crippen molar-refractivity contribution in [3.05, 3.63) is 57.1 Å². The van der Waals surface area contributed by atoms with E-state index in [4.69, 9.17) is 23.2 Å². The van der Waals surface area contributed by atoms with Crippen LogP contribution in [0.25, 0.3) is 0 Å². The minimum absolute atomic E-state index is 0.0879. The molecule has 2 rings (SSSR count). The fraction of sp³-hybridized carbons (Fsp3) is 0.263. The van der Waals surface area contributed by atoms with Gasteiger partial charge in [0.15, 0.2) is 0 Å². The maximum Gasteiger partial charge on any atom is 0.243 e. The number of halogens is 2. The van der Waals surface area contributed by atoms with E-state index in [2.05, 4.69) is 10.6 Å². The number of nitrogens with one attached hydrogen (secondary N) is 2. The van der Waals surface area contributed by atoms with Crippen molar-refractivity contribution in [3.8, 4) is 0 Å². The third kappa shape index (κ3) is 5.94. The van der Waals surface area contributed by atoms with Crippen molar-refractivity contribution in [1.82, 2.24) is 5.32 Å². The summed E-state index contributed by atoms with van der Waals surface area (Å²) >= 11 is 13.3. The number of anilines is 1. The summed E-state index contributed by atoms with van der Waals surface area (Å²) in [6, 6.07) is 9.09. The van der Waals surface area contributed by atoms with Crippen LogP contribution in [0.5, 0.6) is 0 Å². The van der Waals surface area contributed by atoms with E-state index in [0.717, 1.165) is 27.3 Å². The summed E-state index contributed by atoms with van der Waals surface area (Å²) < 4.78 is 0. The molecular formula is C19H20Cl2N2O2S. The van der Waals surface area contributed by atoms with Crippen LogP contribution in [-0.4, -0.2) is 24.1 Å². The van der Waals surface area contributed by atoms with Crippen molar-refractivity contribution in [1.29, 1.82) is 0 Å². The first kappa shape index (κ1) is 20.6. The smallest absolute Gasteiger partial charge is 0.243 e. The van der Waals surface area contributed by atoms with Crippen molar-refractivity contribution >= 4 is 52.5 Å². The lowest BCUT2D eigenvalue weighted by Gasteiger charge is -2.13. The molecule has 0 atom stereocenters. The van der Waals surface area contributed by atoms with Gasteiger partial charge in [-0.2, -0.15) is 0 Å². The van der Waals surface area contributed by atoms with Crippen LogP contribution in [0.2, 0.25) is 10.0 Å². The summed E-state index contributed by atoms with van der Waals surface area (Å²) in [5.74, 6) is -0.367. The van der Waals surface area contributed by atoms with E-state index in [-0.39, 0.29) is 24.1 Å². The summed E-state index contributed by atoms with van der Waals surface area (Å²) in [5.41, 5.74) is 3.92. The van der Waals surface area contributed by atoms with Crippen LogP contribution in [0.3, 0.4) is 0 Å². The van der Waals surface area contributed by atoms with Crippen LogP contribution in [0.4, 0.5) is 5.69 Å². The predicted molar refractivity (Wildman–Crippen MR) is 109 cm³/mol. The minimum Gasteiger partial charge on any atom is -0.346 e. The summed E-state index contributed by atoms with van der Waals surface area (Å²) in [6.45, 7) is 5.81. The molecule has 26 heavy (non-hydrogen) atoms. The van der Waals surface area contributed by atoms with Crippen molar-refractivity contribution in [2.75, 3.05) is 17.6 Å². The molecule has 0 aliphatic carbocycles. The van der Waals surface area contributed by atoms with Crippen LogP contribution < -0.4 is 10.6 Å². The Morgan fingerprint density at radius 2 is 1.65 bits per heavy atom. The average Bonchev–Trinajstić information content (AvgIpc) is 2.57. The first-order valence-electron chi connectivity index (χ1n) is 7.98. The minimum atomic E-state index is -0.265. The normalized spacial score (nSPS) is 10.5. The van der Waals surface area contributed by atoms with E-state index in [9.17, 15) is 9.59 Å². The van der Waals surface area contributed by atoms with Gasteiger partial charge in [-0.1, -0.05) is 40.9 Å². The van der Waals surface area contributed by atoms with Crippen molar-refractivity contribution in [3.63, 3.8) is 0 Å². The quantitative estimate of drug-likeness (QED) is 0.674. The standard InChI is InChI=1S/C19H20Cl2N2O2S/c1-11-6-12(2)19(13(3)7-11)23-17(24)9-22-18(25)10-26-16-8-14(20)4-5-15(16)21/h4-8H,9-10H2,1-3H3,(H,22,25)(H,23,24). The molecule has 0 aromatic heterocycles. The van der Waals surface area contributed by atoms with Crippen LogP contribution in [0.1, 0.15) is 16.7 Å². The lowest BCUT2D eigenvalue weighted by atomic mass is 10.1. The van der Waals surface area contributed by atoms with E-state index >= 15 is 0 Å². The Morgan fingerprint density at radius 3 is 2.31 bits per heavy atom. The van der Waals surface area contributed by atoms with Gasteiger partial charge in [0, 0.05) is 15.6 Å². The highest BCUT2D eigenvalue weighted by atomic mass is 35.5. The number of thioether (sulfide) groups is 1. The highest BCUT2D eigenvalue weighted by Gasteiger charge is 2.11. The van der Waals surface area contributed by atoms with Gasteiger partial charge in [0.25, 0.3) is 0 Å². The van der Waals surface area contributed by atoms with Crippen LogP contribution >= 0.6 is 35.0 Å². The molecule has 2 N–H and O–H groups in total. The molecule has 0 unspecified atom stereocenters. The molecule has 0 heterocycles. The molecule has 138 valence electrons. The Morgan fingerprint density at radius 1 is 1.00 bits per heavy atom. The first-order valence-corrected chi connectivity index (χ1v) is 9.72. The number of carbonyl (C=O) groups is 2. The number of amides is 2. The van der Waals surface area contributed by atoms with Crippen molar-refractivity contribution in [2.24, 2.45) is 0 Å². The Labute approximate surface area is 167 Å². The van der Waals surface area contributed by atoms with Crippen molar-refractivity contribution < 1.29 is 9.59 Å². The lowest BCUT2D eigenvalue weighted by molar-refractivity contribution is -0.122. The Bertz CT molecular complexity index is 817. The average molecular weight is 411 g/mol. The summed E-state index contributed by atoms with van der Waals surface area (Å²) in [5, 5.41) is 6.56. The second-order valence-corrected chi connectivity index (χ2v) is 7.82. The molecule has 0 spiro atoms. The number of aryl methyl sites for hydroxylation is 3. The van der Waals surface area contributed by atoms with Gasteiger partial charge >= 0.3 is 0 Å². The van der Waals surface area contributed by atoms with Gasteiger partial charge in [0.1, 0.15) is 0 Å². The van der Waals surface area contributed by atoms with E-state index in [1.165, 1.54) is 11.8 Å². The van der Waals surface area contributed by atoms with Gasteiger partial charge in [0.05, 0.1) is 17.3 Å². The second kappa shape index (κ2) is 9.31. The fourth-order valence-corrected chi connectivity index (χ4v) is 3.84. The topological polar surface area (TPSA) is 58.2 Å². The van der Waals surface area contributed by atoms with E-state index in [1.807, 2.05) is 32.9 Å². The largest absolute Gasteiger partial charge is 0.346 e. The Hall–Kier alpha value is -1.69. The van der Waals surface area contributed by atoms with E-state index < -0.39 is 0 Å². The van der Waals surface area contributed by atoms with Gasteiger partial charge in [-0.05, 0) is 50.1 Å². The number of hydrogen-bond acceptors (Lipinski definition) is 3. The highest BCUT2D eigenvalue weighted by molar-refractivity contribution is 8.00. The summed E-state index contributed by atoms with van der Waals surface area (Å²) in [7, 11) is 0. The number of rotatable bonds is 6. The third-order valence-electron chi connectivity index (χ3n) is 3.64. The molecular weight excluding hydrogens is 391 g/mol. The fourth-order valence-electron chi connectivity index (χ4n) is 2.52. The molecule has 2 aromatic carbocycles. The number of carbonyl (C=O) groups excluding carboxylic acids is 2. The van der Waals surface area contributed by atoms with E-state index in [0.29, 0.717) is 10.0 Å². The van der Waals surface area contributed by atoms with Crippen molar-refractivity contribution in [2.45, 2.75) is 25.7 Å². The third-order valence-corrected chi connectivity index (χ3v) is 5.37. The van der Waals surface area contributed by atoms with Gasteiger partial charge < -0.3 is 10.6 Å². The molecule has 0 saturated heterocycles. The second-order valence-electron chi connectivity index (χ2n) is 5.96. The monoisotopic (exact) mass is 410 g/mol. The molecule has 2 aromatic rings. The maximum absolute atomic E-state index is 12.1. The lowest BCUT2D eigenvalue weighted by Crippen LogP contribution is -2.34. The van der Waals surface area contributed by atoms with Crippen LogP contribution in [0.15, 0.2) is 35.2 Å². The summed E-state index contributed by atoms with van der Waals surface area (Å²) in [6.07, 6.45) is 0. The molecule has 2 amide bonds. The SMILES string of the molecule is Cc1cc(C)c(NC(=O)CNC(=O)CSc2cc(Cl)ccc2Cl)c(C)c1. The molecule has 0 aliphatic rings. The molecule has 0 radical (unpaired) electrons. The van der Waals surface area contributed by atoms with Gasteiger partial charge in [-0.3, -0.25) is 9.59 Å². The number of benzene rings is 2. The van der Waals surface area contributed by atoms with Gasteiger partial charge in [-0.15, -0.1) is 11.8 Å². The molecule has 0 bridgehead atoms. The Kier molecular flexibility index (Phi) is 7.38. The zero-order valence-corrected chi connectivity index (χ0v) is 17.1. The number of hydrogen-bond donors (Lipinski definition) is 2. The van der Waals surface area contributed by atoms with Gasteiger partial charge in [0.2, 0.25) is 11.8 Å². The zero-order chi connectivity index (χ0) is 19.3. The summed E-state index contributed by atoms with van der Waals surface area (Å²) in [4.78, 5) is 24.8. The van der Waals surface area contributed by atoms with E-state index in [1.54, 1.807) is 18.2 Å². The molecule has 7 heteroatoms. The van der Waals surface area contributed by atoms with Crippen LogP contribution in [0, 0.1) is 20.8 Å². The molecule has 0 fully saturated rings. The molecule has 0 aliphatic heterocycles. The molecule has 0 saturated carbocycles. The predicted octanol–water partition coefficient (Wildman–Crippen LogP) is 4.77. The zero-order valence-electron chi connectivity index (χ0n) is 14.8. The van der Waals surface area contributed by atoms with Crippen LogP contribution in [-0.2, 0) is 9.59 Å². The Balaban J connectivity index is 1.84. The maximum atomic E-state index is 12.1.